The molecule has 0 amide bonds. The summed E-state index contributed by atoms with van der Waals surface area (Å²) in [5, 5.41) is 8.66. The highest BCUT2D eigenvalue weighted by Crippen LogP contribution is 2.16. The van der Waals surface area contributed by atoms with Crippen molar-refractivity contribution in [2.24, 2.45) is 5.92 Å². The Hall–Kier alpha value is -0.410. The van der Waals surface area contributed by atoms with Gasteiger partial charge in [-0.3, -0.25) is 4.79 Å². The van der Waals surface area contributed by atoms with E-state index in [9.17, 15) is 4.79 Å². The van der Waals surface area contributed by atoms with Crippen LogP contribution in [-0.4, -0.2) is 42.0 Å². The fourth-order valence-electron chi connectivity index (χ4n) is 2.34. The van der Waals surface area contributed by atoms with E-state index < -0.39 is 0 Å². The Labute approximate surface area is 98.8 Å². The summed E-state index contributed by atoms with van der Waals surface area (Å²) in [6.45, 7) is 5.46. The van der Waals surface area contributed by atoms with Gasteiger partial charge in [-0.05, 0) is 25.8 Å². The molecule has 1 aliphatic heterocycles. The third-order valence-electron chi connectivity index (χ3n) is 3.48. The molecule has 1 saturated heterocycles. The molecule has 1 rings (SSSR count). The third kappa shape index (κ3) is 4.62. The van der Waals surface area contributed by atoms with Crippen LogP contribution in [0.4, 0.5) is 0 Å². The van der Waals surface area contributed by atoms with Crippen LogP contribution in [0.2, 0.25) is 0 Å². The number of hydrogen-bond donors (Lipinski definition) is 1. The molecule has 0 bridgehead atoms. The molecule has 16 heavy (non-hydrogen) atoms. The highest BCUT2D eigenvalue weighted by atomic mass is 16.2. The highest BCUT2D eigenvalue weighted by molar-refractivity contribution is 5.82. The first-order chi connectivity index (χ1) is 7.77. The monoisotopic (exact) mass is 227 g/mol. The fourth-order valence-corrected chi connectivity index (χ4v) is 2.34. The van der Waals surface area contributed by atoms with Crippen LogP contribution in [0.1, 0.15) is 45.4 Å². The van der Waals surface area contributed by atoms with Gasteiger partial charge < -0.3 is 10.0 Å². The zero-order valence-corrected chi connectivity index (χ0v) is 10.5. The van der Waals surface area contributed by atoms with Crippen molar-refractivity contribution in [1.29, 1.82) is 0 Å². The number of ketones is 1. The molecule has 0 aromatic heterocycles. The second-order valence-corrected chi connectivity index (χ2v) is 4.76. The van der Waals surface area contributed by atoms with Gasteiger partial charge in [0.2, 0.25) is 0 Å². The first kappa shape index (κ1) is 13.7. The lowest BCUT2D eigenvalue weighted by Gasteiger charge is -2.31. The molecule has 3 heteroatoms. The van der Waals surface area contributed by atoms with Crippen molar-refractivity contribution in [3.8, 4) is 0 Å². The minimum Gasteiger partial charge on any atom is -0.396 e. The number of likely N-dealkylation sites (tertiary alicyclic amines) is 1. The molecule has 0 aromatic rings. The van der Waals surface area contributed by atoms with E-state index in [-0.39, 0.29) is 5.92 Å². The van der Waals surface area contributed by atoms with Crippen molar-refractivity contribution in [3.63, 3.8) is 0 Å². The minimum atomic E-state index is 0.284. The number of unbranched alkanes of at least 4 members (excludes halogenated alkanes) is 3. The van der Waals surface area contributed by atoms with Crippen molar-refractivity contribution >= 4 is 5.78 Å². The van der Waals surface area contributed by atoms with E-state index in [1.807, 2.05) is 0 Å². The number of aliphatic hydroxyl groups is 1. The number of rotatable bonds is 7. The Morgan fingerprint density at radius 2 is 2.06 bits per heavy atom. The third-order valence-corrected chi connectivity index (χ3v) is 3.48. The summed E-state index contributed by atoms with van der Waals surface area (Å²) in [6, 6.07) is 0. The quantitative estimate of drug-likeness (QED) is 0.675. The molecule has 1 atom stereocenters. The standard InChI is InChI=1S/C13H25NO2/c1-2-12-11-14(9-7-13(12)16)8-5-3-4-6-10-15/h12,15H,2-11H2,1H3. The SMILES string of the molecule is CCC1CN(CCCCCCO)CCC1=O. The number of piperidine rings is 1. The average molecular weight is 227 g/mol. The zero-order valence-electron chi connectivity index (χ0n) is 10.5. The van der Waals surface area contributed by atoms with Gasteiger partial charge in [0.05, 0.1) is 0 Å². The van der Waals surface area contributed by atoms with E-state index in [2.05, 4.69) is 11.8 Å². The van der Waals surface area contributed by atoms with E-state index in [4.69, 9.17) is 5.11 Å². The summed E-state index contributed by atoms with van der Waals surface area (Å²) in [7, 11) is 0. The molecule has 0 radical (unpaired) electrons. The van der Waals surface area contributed by atoms with Gasteiger partial charge in [-0.15, -0.1) is 0 Å². The Balaban J connectivity index is 2.11. The maximum atomic E-state index is 11.5. The number of nitrogens with zero attached hydrogens (tertiary/aromatic N) is 1. The van der Waals surface area contributed by atoms with Crippen LogP contribution >= 0.6 is 0 Å². The molecule has 3 nitrogen and oxygen atoms in total. The maximum absolute atomic E-state index is 11.5. The Bertz CT molecular complexity index is 206. The minimum absolute atomic E-state index is 0.284. The van der Waals surface area contributed by atoms with Crippen LogP contribution < -0.4 is 0 Å². The average Bonchev–Trinajstić information content (AvgIpc) is 2.31. The second kappa shape index (κ2) is 7.80. The largest absolute Gasteiger partial charge is 0.396 e. The van der Waals surface area contributed by atoms with E-state index >= 15 is 0 Å². The van der Waals surface area contributed by atoms with Gasteiger partial charge in [-0.25, -0.2) is 0 Å². The number of carbonyl (C=O) groups is 1. The first-order valence-corrected chi connectivity index (χ1v) is 6.63. The van der Waals surface area contributed by atoms with Crippen LogP contribution in [0.25, 0.3) is 0 Å². The smallest absolute Gasteiger partial charge is 0.138 e. The molecule has 1 heterocycles. The summed E-state index contributed by atoms with van der Waals surface area (Å²) >= 11 is 0. The Morgan fingerprint density at radius 3 is 2.75 bits per heavy atom. The molecule has 0 aliphatic carbocycles. The van der Waals surface area contributed by atoms with Gasteiger partial charge in [-0.2, -0.15) is 0 Å². The van der Waals surface area contributed by atoms with E-state index in [0.29, 0.717) is 12.4 Å². The van der Waals surface area contributed by atoms with Crippen LogP contribution in [0.15, 0.2) is 0 Å². The summed E-state index contributed by atoms with van der Waals surface area (Å²) in [4.78, 5) is 14.0. The predicted molar refractivity (Wildman–Crippen MR) is 65.4 cm³/mol. The Morgan fingerprint density at radius 1 is 1.31 bits per heavy atom. The van der Waals surface area contributed by atoms with Gasteiger partial charge in [0, 0.05) is 32.0 Å². The predicted octanol–water partition coefficient (Wildman–Crippen LogP) is 1.84. The zero-order chi connectivity index (χ0) is 11.8. The lowest BCUT2D eigenvalue weighted by molar-refractivity contribution is -0.126. The van der Waals surface area contributed by atoms with Crippen molar-refractivity contribution in [3.05, 3.63) is 0 Å². The van der Waals surface area contributed by atoms with Crippen LogP contribution in [-0.2, 0) is 4.79 Å². The van der Waals surface area contributed by atoms with Crippen molar-refractivity contribution in [1.82, 2.24) is 4.90 Å². The summed E-state index contributed by atoms with van der Waals surface area (Å²) in [5.41, 5.74) is 0. The first-order valence-electron chi connectivity index (χ1n) is 6.63. The molecule has 1 aliphatic rings. The van der Waals surface area contributed by atoms with E-state index in [0.717, 1.165) is 45.3 Å². The topological polar surface area (TPSA) is 40.5 Å². The number of hydrogen-bond acceptors (Lipinski definition) is 3. The number of aliphatic hydroxyl groups excluding tert-OH is 1. The van der Waals surface area contributed by atoms with Gasteiger partial charge in [0.1, 0.15) is 5.78 Å². The van der Waals surface area contributed by atoms with Gasteiger partial charge in [-0.1, -0.05) is 19.8 Å². The normalized spacial score (nSPS) is 22.6. The lowest BCUT2D eigenvalue weighted by atomic mass is 9.94. The van der Waals surface area contributed by atoms with Crippen LogP contribution in [0.3, 0.4) is 0 Å². The molecule has 1 N–H and O–H groups in total. The molecule has 0 saturated carbocycles. The van der Waals surface area contributed by atoms with Crippen LogP contribution in [0.5, 0.6) is 0 Å². The summed E-state index contributed by atoms with van der Waals surface area (Å²) < 4.78 is 0. The summed E-state index contributed by atoms with van der Waals surface area (Å²) in [6.07, 6.45) is 6.18. The molecule has 0 aromatic carbocycles. The van der Waals surface area contributed by atoms with Crippen LogP contribution in [0, 0.1) is 5.92 Å². The molecule has 94 valence electrons. The van der Waals surface area contributed by atoms with Crippen molar-refractivity contribution in [2.75, 3.05) is 26.2 Å². The number of Topliss-reactive ketones (excluding diaryl/α,β-unsaturated/α-hetero) is 1. The maximum Gasteiger partial charge on any atom is 0.138 e. The fraction of sp³-hybridized carbons (Fsp3) is 0.923. The van der Waals surface area contributed by atoms with Gasteiger partial charge in [0.25, 0.3) is 0 Å². The van der Waals surface area contributed by atoms with Crippen molar-refractivity contribution < 1.29 is 9.90 Å². The van der Waals surface area contributed by atoms with Gasteiger partial charge >= 0.3 is 0 Å². The molecular formula is C13H25NO2. The molecule has 1 fully saturated rings. The Kier molecular flexibility index (Phi) is 6.65. The molecule has 0 spiro atoms. The number of carbonyl (C=O) groups excluding carboxylic acids is 1. The van der Waals surface area contributed by atoms with Gasteiger partial charge in [0.15, 0.2) is 0 Å². The van der Waals surface area contributed by atoms with E-state index in [1.165, 1.54) is 12.8 Å². The molecular weight excluding hydrogens is 202 g/mol. The highest BCUT2D eigenvalue weighted by Gasteiger charge is 2.24. The van der Waals surface area contributed by atoms with Crippen molar-refractivity contribution in [2.45, 2.75) is 45.4 Å². The second-order valence-electron chi connectivity index (χ2n) is 4.76. The lowest BCUT2D eigenvalue weighted by Crippen LogP contribution is -2.40. The summed E-state index contributed by atoms with van der Waals surface area (Å²) in [5.74, 6) is 0.741. The molecule has 1 unspecified atom stereocenters. The van der Waals surface area contributed by atoms with E-state index in [1.54, 1.807) is 0 Å².